The van der Waals surface area contributed by atoms with Crippen molar-refractivity contribution in [1.29, 1.82) is 0 Å². The summed E-state index contributed by atoms with van der Waals surface area (Å²) >= 11 is 0. The van der Waals surface area contributed by atoms with Gasteiger partial charge in [0.2, 0.25) is 5.95 Å². The van der Waals surface area contributed by atoms with Crippen LogP contribution in [0.5, 0.6) is 0 Å². The maximum atomic E-state index is 12.9. The van der Waals surface area contributed by atoms with Gasteiger partial charge in [-0.3, -0.25) is 0 Å². The van der Waals surface area contributed by atoms with Gasteiger partial charge in [0.1, 0.15) is 11.6 Å². The predicted octanol–water partition coefficient (Wildman–Crippen LogP) is 2.11. The van der Waals surface area contributed by atoms with Crippen LogP contribution in [0, 0.1) is 5.82 Å². The third kappa shape index (κ3) is 3.46. The van der Waals surface area contributed by atoms with Crippen molar-refractivity contribution in [1.82, 2.24) is 14.9 Å². The van der Waals surface area contributed by atoms with E-state index < -0.39 is 0 Å². The van der Waals surface area contributed by atoms with E-state index in [-0.39, 0.29) is 5.82 Å². The summed E-state index contributed by atoms with van der Waals surface area (Å²) in [4.78, 5) is 13.3. The number of anilines is 3. The van der Waals surface area contributed by atoms with Crippen molar-refractivity contribution < 1.29 is 4.39 Å². The number of benzene rings is 1. The maximum absolute atomic E-state index is 12.9. The quantitative estimate of drug-likeness (QED) is 0.936. The molecule has 0 unspecified atom stereocenters. The molecule has 110 valence electrons. The summed E-state index contributed by atoms with van der Waals surface area (Å²) in [7, 11) is 2.12. The summed E-state index contributed by atoms with van der Waals surface area (Å²) < 4.78 is 12.9. The molecule has 1 saturated heterocycles. The number of hydrogen-bond donors (Lipinski definition) is 1. The molecule has 0 radical (unpaired) electrons. The van der Waals surface area contributed by atoms with Crippen LogP contribution in [0.15, 0.2) is 36.5 Å². The van der Waals surface area contributed by atoms with Crippen LogP contribution in [0.3, 0.4) is 0 Å². The Morgan fingerprint density at radius 3 is 2.48 bits per heavy atom. The first-order valence-corrected chi connectivity index (χ1v) is 7.00. The highest BCUT2D eigenvalue weighted by Gasteiger charge is 2.15. The van der Waals surface area contributed by atoms with Crippen molar-refractivity contribution in [3.63, 3.8) is 0 Å². The molecular formula is C15H18FN5. The fourth-order valence-corrected chi connectivity index (χ4v) is 2.28. The lowest BCUT2D eigenvalue weighted by Crippen LogP contribution is -2.44. The van der Waals surface area contributed by atoms with Crippen LogP contribution in [0.25, 0.3) is 0 Å². The van der Waals surface area contributed by atoms with E-state index in [2.05, 4.69) is 32.1 Å². The van der Waals surface area contributed by atoms with Gasteiger partial charge in [0.25, 0.3) is 0 Å². The highest BCUT2D eigenvalue weighted by molar-refractivity contribution is 5.54. The third-order valence-corrected chi connectivity index (χ3v) is 3.57. The first-order valence-electron chi connectivity index (χ1n) is 7.00. The van der Waals surface area contributed by atoms with Crippen molar-refractivity contribution in [2.75, 3.05) is 43.4 Å². The van der Waals surface area contributed by atoms with Gasteiger partial charge in [0, 0.05) is 38.1 Å². The lowest BCUT2D eigenvalue weighted by Gasteiger charge is -2.33. The van der Waals surface area contributed by atoms with Crippen LogP contribution in [0.1, 0.15) is 0 Å². The van der Waals surface area contributed by atoms with E-state index in [0.717, 1.165) is 37.7 Å². The first kappa shape index (κ1) is 13.8. The number of aromatic nitrogens is 2. The molecule has 21 heavy (non-hydrogen) atoms. The maximum Gasteiger partial charge on any atom is 0.229 e. The predicted molar refractivity (Wildman–Crippen MR) is 81.4 cm³/mol. The largest absolute Gasteiger partial charge is 0.354 e. The highest BCUT2D eigenvalue weighted by atomic mass is 19.1. The van der Waals surface area contributed by atoms with Crippen molar-refractivity contribution in [2.45, 2.75) is 0 Å². The van der Waals surface area contributed by atoms with Gasteiger partial charge in [0.15, 0.2) is 0 Å². The van der Waals surface area contributed by atoms with E-state index in [0.29, 0.717) is 5.95 Å². The van der Waals surface area contributed by atoms with Crippen LogP contribution in [0.4, 0.5) is 21.8 Å². The SMILES string of the molecule is CN1CCN(c2ccnc(Nc3ccc(F)cc3)n2)CC1. The topological polar surface area (TPSA) is 44.3 Å². The minimum atomic E-state index is -0.257. The lowest BCUT2D eigenvalue weighted by molar-refractivity contribution is 0.312. The van der Waals surface area contributed by atoms with Gasteiger partial charge >= 0.3 is 0 Å². The molecule has 0 saturated carbocycles. The Morgan fingerprint density at radius 1 is 1.05 bits per heavy atom. The Labute approximate surface area is 123 Å². The number of nitrogens with one attached hydrogen (secondary N) is 1. The molecule has 3 rings (SSSR count). The summed E-state index contributed by atoms with van der Waals surface area (Å²) in [5.74, 6) is 1.19. The highest BCUT2D eigenvalue weighted by Crippen LogP contribution is 2.17. The van der Waals surface area contributed by atoms with E-state index in [4.69, 9.17) is 0 Å². The standard InChI is InChI=1S/C15H18FN5/c1-20-8-10-21(11-9-20)14-6-7-17-15(19-14)18-13-4-2-12(16)3-5-13/h2-7H,8-11H2,1H3,(H,17,18,19). The molecule has 1 N–H and O–H groups in total. The fourth-order valence-electron chi connectivity index (χ4n) is 2.28. The number of nitrogens with zero attached hydrogens (tertiary/aromatic N) is 4. The third-order valence-electron chi connectivity index (χ3n) is 3.57. The normalized spacial score (nSPS) is 16.0. The lowest BCUT2D eigenvalue weighted by atomic mass is 10.3. The van der Waals surface area contributed by atoms with Crippen molar-refractivity contribution in [3.8, 4) is 0 Å². The van der Waals surface area contributed by atoms with Gasteiger partial charge < -0.3 is 15.1 Å². The Kier molecular flexibility index (Phi) is 3.96. The van der Waals surface area contributed by atoms with E-state index in [9.17, 15) is 4.39 Å². The molecule has 0 bridgehead atoms. The average molecular weight is 287 g/mol. The zero-order chi connectivity index (χ0) is 14.7. The van der Waals surface area contributed by atoms with Crippen LogP contribution in [-0.4, -0.2) is 48.1 Å². The Morgan fingerprint density at radius 2 is 1.76 bits per heavy atom. The van der Waals surface area contributed by atoms with E-state index >= 15 is 0 Å². The minimum Gasteiger partial charge on any atom is -0.354 e. The molecule has 1 fully saturated rings. The summed E-state index contributed by atoms with van der Waals surface area (Å²) in [6.07, 6.45) is 1.74. The van der Waals surface area contributed by atoms with Crippen LogP contribution < -0.4 is 10.2 Å². The molecule has 0 aliphatic carbocycles. The second-order valence-corrected chi connectivity index (χ2v) is 5.16. The van der Waals surface area contributed by atoms with Gasteiger partial charge in [-0.1, -0.05) is 0 Å². The molecule has 0 atom stereocenters. The molecular weight excluding hydrogens is 269 g/mol. The molecule has 1 aromatic heterocycles. The Balaban J connectivity index is 1.72. The second-order valence-electron chi connectivity index (χ2n) is 5.16. The van der Waals surface area contributed by atoms with Gasteiger partial charge in [-0.15, -0.1) is 0 Å². The molecule has 1 aliphatic heterocycles. The summed E-state index contributed by atoms with van der Waals surface area (Å²) in [5, 5.41) is 3.09. The number of likely N-dealkylation sites (N-methyl/N-ethyl adjacent to an activating group) is 1. The van der Waals surface area contributed by atoms with Gasteiger partial charge in [-0.2, -0.15) is 4.98 Å². The van der Waals surface area contributed by atoms with Crippen molar-refractivity contribution in [3.05, 3.63) is 42.3 Å². The van der Waals surface area contributed by atoms with Gasteiger partial charge in [0.05, 0.1) is 0 Å². The zero-order valence-corrected chi connectivity index (χ0v) is 12.0. The van der Waals surface area contributed by atoms with Gasteiger partial charge in [-0.25, -0.2) is 9.37 Å². The van der Waals surface area contributed by atoms with E-state index in [1.807, 2.05) is 6.07 Å². The number of hydrogen-bond acceptors (Lipinski definition) is 5. The molecule has 6 heteroatoms. The Bertz CT molecular complexity index is 593. The average Bonchev–Trinajstić information content (AvgIpc) is 2.51. The van der Waals surface area contributed by atoms with E-state index in [1.165, 1.54) is 12.1 Å². The summed E-state index contributed by atoms with van der Waals surface area (Å²) in [6, 6.07) is 8.07. The van der Waals surface area contributed by atoms with Crippen molar-refractivity contribution >= 4 is 17.5 Å². The fraction of sp³-hybridized carbons (Fsp3) is 0.333. The van der Waals surface area contributed by atoms with Crippen molar-refractivity contribution in [2.24, 2.45) is 0 Å². The van der Waals surface area contributed by atoms with Crippen LogP contribution >= 0.6 is 0 Å². The number of piperazine rings is 1. The van der Waals surface area contributed by atoms with Crippen LogP contribution in [-0.2, 0) is 0 Å². The molecule has 2 heterocycles. The smallest absolute Gasteiger partial charge is 0.229 e. The molecule has 5 nitrogen and oxygen atoms in total. The molecule has 2 aromatic rings. The molecule has 1 aliphatic rings. The molecule has 0 spiro atoms. The van der Waals surface area contributed by atoms with Crippen LogP contribution in [0.2, 0.25) is 0 Å². The monoisotopic (exact) mass is 287 g/mol. The zero-order valence-electron chi connectivity index (χ0n) is 12.0. The molecule has 1 aromatic carbocycles. The molecule has 0 amide bonds. The number of halogens is 1. The number of rotatable bonds is 3. The van der Waals surface area contributed by atoms with E-state index in [1.54, 1.807) is 18.3 Å². The Hall–Kier alpha value is -2.21. The second kappa shape index (κ2) is 6.05. The summed E-state index contributed by atoms with van der Waals surface area (Å²) in [6.45, 7) is 3.99. The minimum absolute atomic E-state index is 0.257. The summed E-state index contributed by atoms with van der Waals surface area (Å²) in [5.41, 5.74) is 0.770. The van der Waals surface area contributed by atoms with Gasteiger partial charge in [-0.05, 0) is 37.4 Å². The first-order chi connectivity index (χ1) is 10.2.